The molecule has 8 heteroatoms. The molecule has 0 heterocycles. The van der Waals surface area contributed by atoms with Crippen molar-refractivity contribution in [2.75, 3.05) is 11.9 Å². The molecular formula is C19H28N8. The molecule has 9 N–H and O–H groups in total. The highest BCUT2D eigenvalue weighted by Crippen LogP contribution is 2.10. The van der Waals surface area contributed by atoms with Gasteiger partial charge in [0.1, 0.15) is 0 Å². The molecule has 2 aromatic carbocycles. The maximum atomic E-state index is 6.81. The lowest BCUT2D eigenvalue weighted by Gasteiger charge is -2.04. The monoisotopic (exact) mass is 368 g/mol. The third-order valence-corrected chi connectivity index (χ3v) is 3.11. The molecule has 0 aliphatic rings. The molecule has 2 rings (SSSR count). The molecular weight excluding hydrogens is 340 g/mol. The standard InChI is InChI=1S/C13H13N3.C6H15N5/c14-13(15-11-7-3-1-4-8-11)16-12-9-5-2-6-10-12;1-2-3-4-10-6(9)11-5(7)8/h1-10H,(H3,14,15,16);2-4H2,1H3,(H6,7,8,9,10,11). The fraction of sp³-hybridized carbons (Fsp3) is 0.211. The van der Waals surface area contributed by atoms with E-state index in [1.165, 1.54) is 0 Å². The van der Waals surface area contributed by atoms with E-state index >= 15 is 0 Å². The van der Waals surface area contributed by atoms with Gasteiger partial charge in [-0.3, -0.25) is 15.7 Å². The Morgan fingerprint density at radius 2 is 1.52 bits per heavy atom. The van der Waals surface area contributed by atoms with E-state index in [9.17, 15) is 0 Å². The van der Waals surface area contributed by atoms with Crippen LogP contribution in [0.15, 0.2) is 70.6 Å². The fourth-order valence-corrected chi connectivity index (χ4v) is 1.87. The number of guanidine groups is 3. The summed E-state index contributed by atoms with van der Waals surface area (Å²) < 4.78 is 0. The maximum absolute atomic E-state index is 6.81. The summed E-state index contributed by atoms with van der Waals surface area (Å²) in [5.41, 5.74) is 17.9. The van der Waals surface area contributed by atoms with Gasteiger partial charge in [-0.15, -0.1) is 0 Å². The van der Waals surface area contributed by atoms with Crippen molar-refractivity contribution in [2.24, 2.45) is 27.2 Å². The van der Waals surface area contributed by atoms with E-state index in [1.807, 2.05) is 60.7 Å². The first-order valence-electron chi connectivity index (χ1n) is 8.63. The summed E-state index contributed by atoms with van der Waals surface area (Å²) in [7, 11) is 0. The third-order valence-electron chi connectivity index (χ3n) is 3.11. The topological polar surface area (TPSA) is 151 Å². The first-order chi connectivity index (χ1) is 13.0. The first-order valence-corrected chi connectivity index (χ1v) is 8.63. The van der Waals surface area contributed by atoms with Gasteiger partial charge in [-0.2, -0.15) is 0 Å². The van der Waals surface area contributed by atoms with E-state index in [2.05, 4.69) is 27.5 Å². The Morgan fingerprint density at radius 1 is 0.926 bits per heavy atom. The van der Waals surface area contributed by atoms with E-state index in [0.717, 1.165) is 24.2 Å². The minimum atomic E-state index is -0.178. The van der Waals surface area contributed by atoms with Gasteiger partial charge in [0.2, 0.25) is 0 Å². The SMILES string of the molecule is CCCCN=C(N)NC(=N)N.NC(=Nc1ccccc1)Nc1ccccc1. The van der Waals surface area contributed by atoms with Crippen LogP contribution in [0.5, 0.6) is 0 Å². The number of para-hydroxylation sites is 2. The summed E-state index contributed by atoms with van der Waals surface area (Å²) in [4.78, 5) is 8.15. The Labute approximate surface area is 160 Å². The summed E-state index contributed by atoms with van der Waals surface area (Å²) in [6.07, 6.45) is 2.08. The minimum Gasteiger partial charge on any atom is -0.370 e. The van der Waals surface area contributed by atoms with Crippen molar-refractivity contribution in [1.82, 2.24) is 5.32 Å². The fourth-order valence-electron chi connectivity index (χ4n) is 1.87. The second kappa shape index (κ2) is 12.8. The van der Waals surface area contributed by atoms with Gasteiger partial charge in [-0.25, -0.2) is 4.99 Å². The highest BCUT2D eigenvalue weighted by molar-refractivity contribution is 5.95. The van der Waals surface area contributed by atoms with Crippen LogP contribution in [0, 0.1) is 5.41 Å². The van der Waals surface area contributed by atoms with Gasteiger partial charge in [0.25, 0.3) is 0 Å². The zero-order chi connectivity index (χ0) is 19.9. The second-order valence-electron chi connectivity index (χ2n) is 5.48. The number of rotatable bonds is 5. The molecule has 0 aliphatic carbocycles. The lowest BCUT2D eigenvalue weighted by molar-refractivity contribution is 0.804. The Morgan fingerprint density at radius 3 is 2.07 bits per heavy atom. The number of nitrogens with two attached hydrogens (primary N) is 3. The van der Waals surface area contributed by atoms with Gasteiger partial charge < -0.3 is 22.5 Å². The van der Waals surface area contributed by atoms with Crippen LogP contribution in [0.2, 0.25) is 0 Å². The molecule has 0 amide bonds. The largest absolute Gasteiger partial charge is 0.370 e. The van der Waals surface area contributed by atoms with Crippen LogP contribution in [0.1, 0.15) is 19.8 Å². The van der Waals surface area contributed by atoms with E-state index in [0.29, 0.717) is 12.5 Å². The predicted octanol–water partition coefficient (Wildman–Crippen LogP) is 2.33. The number of aliphatic imine (C=N–C) groups is 2. The number of nitrogens with zero attached hydrogens (tertiary/aromatic N) is 2. The van der Waals surface area contributed by atoms with Crippen molar-refractivity contribution in [2.45, 2.75) is 19.8 Å². The number of hydrogen-bond acceptors (Lipinski definition) is 3. The Bertz CT molecular complexity index is 726. The van der Waals surface area contributed by atoms with Crippen molar-refractivity contribution in [1.29, 1.82) is 5.41 Å². The Kier molecular flexibility index (Phi) is 10.2. The van der Waals surface area contributed by atoms with E-state index in [1.54, 1.807) is 0 Å². The summed E-state index contributed by atoms with van der Waals surface area (Å²) in [6.45, 7) is 2.76. The molecule has 0 radical (unpaired) electrons. The van der Waals surface area contributed by atoms with E-state index in [-0.39, 0.29) is 11.9 Å². The summed E-state index contributed by atoms with van der Waals surface area (Å²) in [5, 5.41) is 12.2. The molecule has 0 aromatic heterocycles. The summed E-state index contributed by atoms with van der Waals surface area (Å²) in [6, 6.07) is 19.3. The molecule has 0 aliphatic heterocycles. The van der Waals surface area contributed by atoms with E-state index in [4.69, 9.17) is 22.6 Å². The summed E-state index contributed by atoms with van der Waals surface area (Å²) >= 11 is 0. The van der Waals surface area contributed by atoms with Crippen LogP contribution < -0.4 is 27.8 Å². The van der Waals surface area contributed by atoms with Crippen LogP contribution >= 0.6 is 0 Å². The van der Waals surface area contributed by atoms with Crippen molar-refractivity contribution in [3.05, 3.63) is 60.7 Å². The predicted molar refractivity (Wildman–Crippen MR) is 114 cm³/mol. The number of nitrogens with one attached hydrogen (secondary N) is 3. The lowest BCUT2D eigenvalue weighted by Crippen LogP contribution is -2.40. The van der Waals surface area contributed by atoms with Crippen LogP contribution in [0.3, 0.4) is 0 Å². The Hall–Kier alpha value is -3.55. The van der Waals surface area contributed by atoms with Crippen molar-refractivity contribution < 1.29 is 0 Å². The van der Waals surface area contributed by atoms with Gasteiger partial charge in [-0.05, 0) is 30.7 Å². The third kappa shape index (κ3) is 10.8. The molecule has 0 unspecified atom stereocenters. The molecule has 0 fully saturated rings. The van der Waals surface area contributed by atoms with Gasteiger partial charge in [0, 0.05) is 12.2 Å². The summed E-state index contributed by atoms with van der Waals surface area (Å²) in [5.74, 6) is 0.422. The molecule has 0 atom stereocenters. The van der Waals surface area contributed by atoms with Crippen LogP contribution in [-0.2, 0) is 0 Å². The quantitative estimate of drug-likeness (QED) is 0.272. The number of anilines is 1. The molecule has 0 saturated carbocycles. The van der Waals surface area contributed by atoms with Gasteiger partial charge in [-0.1, -0.05) is 49.7 Å². The smallest absolute Gasteiger partial charge is 0.198 e. The molecule has 0 spiro atoms. The van der Waals surface area contributed by atoms with Crippen LogP contribution in [0.4, 0.5) is 11.4 Å². The average molecular weight is 368 g/mol. The highest BCUT2D eigenvalue weighted by Gasteiger charge is 1.94. The molecule has 8 nitrogen and oxygen atoms in total. The second-order valence-corrected chi connectivity index (χ2v) is 5.48. The molecule has 0 bridgehead atoms. The Balaban J connectivity index is 0.000000293. The van der Waals surface area contributed by atoms with Gasteiger partial charge >= 0.3 is 0 Å². The number of hydrogen-bond donors (Lipinski definition) is 6. The van der Waals surface area contributed by atoms with E-state index < -0.39 is 0 Å². The maximum Gasteiger partial charge on any atom is 0.198 e. The van der Waals surface area contributed by atoms with Crippen LogP contribution in [0.25, 0.3) is 0 Å². The number of benzene rings is 2. The first kappa shape index (κ1) is 21.5. The average Bonchev–Trinajstić information content (AvgIpc) is 2.63. The van der Waals surface area contributed by atoms with Gasteiger partial charge in [0.15, 0.2) is 17.9 Å². The minimum absolute atomic E-state index is 0.178. The normalized spacial score (nSPS) is 11.1. The lowest BCUT2D eigenvalue weighted by atomic mass is 10.3. The highest BCUT2D eigenvalue weighted by atomic mass is 15.2. The van der Waals surface area contributed by atoms with Gasteiger partial charge in [0.05, 0.1) is 5.69 Å². The number of unbranched alkanes of at least 4 members (excludes halogenated alkanes) is 1. The molecule has 2 aromatic rings. The van der Waals surface area contributed by atoms with Crippen molar-refractivity contribution in [3.63, 3.8) is 0 Å². The molecule has 27 heavy (non-hydrogen) atoms. The zero-order valence-corrected chi connectivity index (χ0v) is 15.5. The zero-order valence-electron chi connectivity index (χ0n) is 15.5. The molecule has 0 saturated heterocycles. The van der Waals surface area contributed by atoms with Crippen molar-refractivity contribution >= 4 is 29.3 Å². The van der Waals surface area contributed by atoms with Crippen LogP contribution in [-0.4, -0.2) is 24.4 Å². The molecule has 144 valence electrons. The van der Waals surface area contributed by atoms with Crippen molar-refractivity contribution in [3.8, 4) is 0 Å².